The minimum atomic E-state index is -3.23. The third-order valence-electron chi connectivity index (χ3n) is 5.11. The fraction of sp³-hybridized carbons (Fsp3) is 0.300. The Morgan fingerprint density at radius 3 is 2.94 bits per heavy atom. The minimum Gasteiger partial charge on any atom is -0.326 e. The number of nitrogens with zero attached hydrogens (tertiary/aromatic N) is 4. The van der Waals surface area contributed by atoms with Crippen LogP contribution in [-0.4, -0.2) is 52.9 Å². The summed E-state index contributed by atoms with van der Waals surface area (Å²) in [6.07, 6.45) is 4.22. The number of carbonyl (C=O) groups excluding carboxylic acids is 1. The second-order valence-electron chi connectivity index (χ2n) is 7.29. The van der Waals surface area contributed by atoms with Crippen LogP contribution in [0.1, 0.15) is 40.8 Å². The third kappa shape index (κ3) is 4.66. The molecule has 2 N–H and O–H groups in total. The Labute approximate surface area is 183 Å². The summed E-state index contributed by atoms with van der Waals surface area (Å²) in [5.41, 5.74) is 2.40. The quantitative estimate of drug-likeness (QED) is 0.607. The van der Waals surface area contributed by atoms with E-state index in [1.807, 2.05) is 29.6 Å². The van der Waals surface area contributed by atoms with E-state index in [-0.39, 0.29) is 17.4 Å². The van der Waals surface area contributed by atoms with Crippen LogP contribution in [0.25, 0.3) is 10.6 Å². The number of aromatic nitrogens is 3. The van der Waals surface area contributed by atoms with Gasteiger partial charge < -0.3 is 10.3 Å². The number of thiazole rings is 1. The SMILES string of the molecule is CS(=O)(=O)N1CCC[C@H](c2csc(-c3ccccc3NC(=O)c3ncc(C#N)[nH]3)n2)C1. The Morgan fingerprint density at radius 1 is 1.39 bits per heavy atom. The first kappa shape index (κ1) is 21.2. The van der Waals surface area contributed by atoms with Gasteiger partial charge in [-0.15, -0.1) is 11.3 Å². The van der Waals surface area contributed by atoms with Crippen LogP contribution in [0.15, 0.2) is 35.8 Å². The molecular formula is C20H20N6O3S2. The maximum absolute atomic E-state index is 12.5. The molecule has 0 unspecified atom stereocenters. The van der Waals surface area contributed by atoms with Gasteiger partial charge in [0.05, 0.1) is 23.8 Å². The van der Waals surface area contributed by atoms with Gasteiger partial charge in [-0.3, -0.25) is 4.79 Å². The molecule has 1 aromatic carbocycles. The summed E-state index contributed by atoms with van der Waals surface area (Å²) >= 11 is 1.45. The van der Waals surface area contributed by atoms with E-state index in [4.69, 9.17) is 10.2 Å². The number of benzene rings is 1. The smallest absolute Gasteiger partial charge is 0.291 e. The summed E-state index contributed by atoms with van der Waals surface area (Å²) in [7, 11) is -3.23. The molecule has 0 aliphatic carbocycles. The fourth-order valence-electron chi connectivity index (χ4n) is 3.54. The van der Waals surface area contributed by atoms with Crippen LogP contribution in [0, 0.1) is 11.3 Å². The average Bonchev–Trinajstić information content (AvgIpc) is 3.44. The van der Waals surface area contributed by atoms with Gasteiger partial charge >= 0.3 is 0 Å². The number of carbonyl (C=O) groups is 1. The first-order valence-electron chi connectivity index (χ1n) is 9.61. The van der Waals surface area contributed by atoms with Gasteiger partial charge in [-0.1, -0.05) is 12.1 Å². The molecule has 1 saturated heterocycles. The number of H-pyrrole nitrogens is 1. The molecule has 11 heteroatoms. The van der Waals surface area contributed by atoms with Crippen molar-refractivity contribution < 1.29 is 13.2 Å². The molecule has 1 amide bonds. The number of aromatic amines is 1. The number of rotatable bonds is 5. The van der Waals surface area contributed by atoms with E-state index in [1.165, 1.54) is 28.1 Å². The second-order valence-corrected chi connectivity index (χ2v) is 10.1. The highest BCUT2D eigenvalue weighted by Gasteiger charge is 2.28. The predicted molar refractivity (Wildman–Crippen MR) is 117 cm³/mol. The number of amides is 1. The van der Waals surface area contributed by atoms with Crippen LogP contribution in [0.4, 0.5) is 5.69 Å². The van der Waals surface area contributed by atoms with Crippen molar-refractivity contribution in [1.82, 2.24) is 19.3 Å². The number of nitrogens with one attached hydrogen (secondary N) is 2. The molecule has 0 spiro atoms. The van der Waals surface area contributed by atoms with Gasteiger partial charge in [-0.05, 0) is 25.0 Å². The van der Waals surface area contributed by atoms with Gasteiger partial charge in [0.2, 0.25) is 10.0 Å². The van der Waals surface area contributed by atoms with Crippen LogP contribution < -0.4 is 5.32 Å². The summed E-state index contributed by atoms with van der Waals surface area (Å²) in [5.74, 6) is -0.362. The first-order chi connectivity index (χ1) is 14.8. The van der Waals surface area contributed by atoms with E-state index in [2.05, 4.69) is 15.3 Å². The van der Waals surface area contributed by atoms with Gasteiger partial charge in [0.1, 0.15) is 16.8 Å². The molecule has 2 aromatic heterocycles. The lowest BCUT2D eigenvalue weighted by Crippen LogP contribution is -2.38. The Balaban J connectivity index is 1.55. The molecule has 1 aliphatic heterocycles. The van der Waals surface area contributed by atoms with E-state index in [1.54, 1.807) is 6.07 Å². The van der Waals surface area contributed by atoms with Gasteiger partial charge in [-0.25, -0.2) is 22.7 Å². The van der Waals surface area contributed by atoms with E-state index >= 15 is 0 Å². The van der Waals surface area contributed by atoms with Crippen molar-refractivity contribution in [3.63, 3.8) is 0 Å². The number of para-hydroxylation sites is 1. The highest BCUT2D eigenvalue weighted by Crippen LogP contribution is 2.35. The molecular weight excluding hydrogens is 436 g/mol. The Morgan fingerprint density at radius 2 is 2.19 bits per heavy atom. The van der Waals surface area contributed by atoms with Gasteiger partial charge in [0, 0.05) is 30.0 Å². The van der Waals surface area contributed by atoms with Crippen LogP contribution in [0.3, 0.4) is 0 Å². The molecule has 4 rings (SSSR count). The largest absolute Gasteiger partial charge is 0.326 e. The van der Waals surface area contributed by atoms with Gasteiger partial charge in [0.15, 0.2) is 5.82 Å². The van der Waals surface area contributed by atoms with Crippen LogP contribution in [0.5, 0.6) is 0 Å². The van der Waals surface area contributed by atoms with Crippen molar-refractivity contribution in [2.45, 2.75) is 18.8 Å². The number of nitriles is 1. The molecule has 0 radical (unpaired) electrons. The first-order valence-corrected chi connectivity index (χ1v) is 12.3. The maximum atomic E-state index is 12.5. The van der Waals surface area contributed by atoms with E-state index in [0.717, 1.165) is 29.1 Å². The molecule has 1 atom stereocenters. The van der Waals surface area contributed by atoms with E-state index < -0.39 is 15.9 Å². The molecule has 9 nitrogen and oxygen atoms in total. The number of anilines is 1. The van der Waals surface area contributed by atoms with Crippen molar-refractivity contribution in [2.24, 2.45) is 0 Å². The molecule has 3 heterocycles. The Hall–Kier alpha value is -3.07. The summed E-state index contributed by atoms with van der Waals surface area (Å²) in [6.45, 7) is 0.974. The average molecular weight is 457 g/mol. The van der Waals surface area contributed by atoms with Gasteiger partial charge in [-0.2, -0.15) is 5.26 Å². The Bertz CT molecular complexity index is 1260. The molecule has 0 saturated carbocycles. The second kappa shape index (κ2) is 8.58. The lowest BCUT2D eigenvalue weighted by atomic mass is 9.97. The number of hydrogen-bond acceptors (Lipinski definition) is 7. The third-order valence-corrected chi connectivity index (χ3v) is 7.27. The van der Waals surface area contributed by atoms with E-state index in [0.29, 0.717) is 18.8 Å². The zero-order valence-electron chi connectivity index (χ0n) is 16.7. The summed E-state index contributed by atoms with van der Waals surface area (Å²) < 4.78 is 25.3. The fourth-order valence-corrected chi connectivity index (χ4v) is 5.39. The van der Waals surface area contributed by atoms with Crippen molar-refractivity contribution >= 4 is 33.0 Å². The topological polar surface area (TPSA) is 132 Å². The normalized spacial score (nSPS) is 17.2. The van der Waals surface area contributed by atoms with Crippen LogP contribution in [-0.2, 0) is 10.0 Å². The summed E-state index contributed by atoms with van der Waals surface area (Å²) in [4.78, 5) is 23.8. The van der Waals surface area contributed by atoms with Crippen LogP contribution >= 0.6 is 11.3 Å². The van der Waals surface area contributed by atoms with Crippen LogP contribution in [0.2, 0.25) is 0 Å². The molecule has 3 aromatic rings. The van der Waals surface area contributed by atoms with Crippen molar-refractivity contribution in [3.8, 4) is 16.6 Å². The van der Waals surface area contributed by atoms with E-state index in [9.17, 15) is 13.2 Å². The standard InChI is InChI=1S/C20H20N6O3S2/c1-31(28,29)26-8-4-5-13(11-26)17-12-30-20(25-17)15-6-2-3-7-16(15)24-19(27)18-22-10-14(9-21)23-18/h2-3,6-7,10,12-13H,4-5,8,11H2,1H3,(H,22,23)(H,24,27)/t13-/m0/s1. The zero-order valence-corrected chi connectivity index (χ0v) is 18.3. The van der Waals surface area contributed by atoms with Gasteiger partial charge in [0.25, 0.3) is 5.91 Å². The number of imidazole rings is 1. The monoisotopic (exact) mass is 456 g/mol. The molecule has 1 fully saturated rings. The summed E-state index contributed by atoms with van der Waals surface area (Å²) in [5, 5.41) is 14.4. The maximum Gasteiger partial charge on any atom is 0.291 e. The number of sulfonamides is 1. The highest BCUT2D eigenvalue weighted by molar-refractivity contribution is 7.88. The van der Waals surface area contributed by atoms with Crippen molar-refractivity contribution in [1.29, 1.82) is 5.26 Å². The molecule has 160 valence electrons. The lowest BCUT2D eigenvalue weighted by molar-refractivity contribution is 0.101. The minimum absolute atomic E-state index is 0.0442. The number of hydrogen-bond donors (Lipinski definition) is 2. The molecule has 0 bridgehead atoms. The molecule has 1 aliphatic rings. The highest BCUT2D eigenvalue weighted by atomic mass is 32.2. The summed E-state index contributed by atoms with van der Waals surface area (Å²) in [6, 6.07) is 9.21. The zero-order chi connectivity index (χ0) is 22.0. The Kier molecular flexibility index (Phi) is 5.86. The lowest BCUT2D eigenvalue weighted by Gasteiger charge is -2.30. The predicted octanol–water partition coefficient (Wildman–Crippen LogP) is 2.80. The number of piperidine rings is 1. The molecule has 31 heavy (non-hydrogen) atoms. The van der Waals surface area contributed by atoms with Crippen molar-refractivity contribution in [2.75, 3.05) is 24.7 Å². The van der Waals surface area contributed by atoms with Crippen molar-refractivity contribution in [3.05, 3.63) is 53.1 Å².